The smallest absolute Gasteiger partial charge is 0.244 e. The standard InChI is InChI=1S/C14H19ClN2O4S2/c15-13-3-1-2-4-14(13)23(20,21)17-8-6-16(7-9-17)12-5-10-22(18,19)11-12/h1-4,12H,5-11H2/p+1/t12-/m0/s1. The summed E-state index contributed by atoms with van der Waals surface area (Å²) in [4.78, 5) is 1.32. The summed E-state index contributed by atoms with van der Waals surface area (Å²) in [6.45, 7) is 2.03. The largest absolute Gasteiger partial charge is 0.329 e. The van der Waals surface area contributed by atoms with Gasteiger partial charge in [0.1, 0.15) is 16.7 Å². The first-order valence-electron chi connectivity index (χ1n) is 7.59. The van der Waals surface area contributed by atoms with Gasteiger partial charge in [-0.1, -0.05) is 23.7 Å². The van der Waals surface area contributed by atoms with E-state index in [1.807, 2.05) is 0 Å². The van der Waals surface area contributed by atoms with Gasteiger partial charge in [-0.2, -0.15) is 4.31 Å². The van der Waals surface area contributed by atoms with Crippen LogP contribution in [-0.4, -0.2) is 64.9 Å². The Morgan fingerprint density at radius 2 is 1.83 bits per heavy atom. The van der Waals surface area contributed by atoms with Crippen molar-refractivity contribution < 1.29 is 21.7 Å². The Balaban J connectivity index is 1.68. The number of quaternary nitrogens is 1. The Labute approximate surface area is 142 Å². The van der Waals surface area contributed by atoms with Gasteiger partial charge in [-0.3, -0.25) is 0 Å². The molecule has 2 saturated heterocycles. The number of piperazine rings is 1. The van der Waals surface area contributed by atoms with Gasteiger partial charge in [-0.15, -0.1) is 0 Å². The second-order valence-corrected chi connectivity index (χ2v) is 10.6. The molecule has 2 fully saturated rings. The number of hydrogen-bond donors (Lipinski definition) is 1. The first-order valence-corrected chi connectivity index (χ1v) is 11.2. The van der Waals surface area contributed by atoms with Crippen molar-refractivity contribution in [2.24, 2.45) is 0 Å². The highest BCUT2D eigenvalue weighted by molar-refractivity contribution is 7.91. The summed E-state index contributed by atoms with van der Waals surface area (Å²) in [5.41, 5.74) is 0. The van der Waals surface area contributed by atoms with E-state index in [4.69, 9.17) is 11.6 Å². The van der Waals surface area contributed by atoms with Gasteiger partial charge in [0.15, 0.2) is 9.84 Å². The van der Waals surface area contributed by atoms with Crippen LogP contribution < -0.4 is 4.90 Å². The normalized spacial score (nSPS) is 26.4. The van der Waals surface area contributed by atoms with Crippen LogP contribution in [0.4, 0.5) is 0 Å². The van der Waals surface area contributed by atoms with Crippen LogP contribution in [0.3, 0.4) is 0 Å². The van der Waals surface area contributed by atoms with Crippen LogP contribution >= 0.6 is 11.6 Å². The molecule has 2 heterocycles. The molecule has 2 aliphatic heterocycles. The van der Waals surface area contributed by atoms with Crippen molar-refractivity contribution in [1.82, 2.24) is 4.31 Å². The molecule has 0 radical (unpaired) electrons. The first-order chi connectivity index (χ1) is 10.8. The minimum Gasteiger partial charge on any atom is -0.329 e. The zero-order valence-corrected chi connectivity index (χ0v) is 15.0. The number of benzene rings is 1. The fourth-order valence-corrected chi connectivity index (χ4v) is 7.09. The maximum absolute atomic E-state index is 12.7. The van der Waals surface area contributed by atoms with Crippen LogP contribution in [-0.2, 0) is 19.9 Å². The van der Waals surface area contributed by atoms with Gasteiger partial charge >= 0.3 is 0 Å². The lowest BCUT2D eigenvalue weighted by atomic mass is 10.2. The molecule has 1 N–H and O–H groups in total. The predicted octanol–water partition coefficient (Wildman–Crippen LogP) is -0.584. The third kappa shape index (κ3) is 3.56. The van der Waals surface area contributed by atoms with Crippen LogP contribution in [0.15, 0.2) is 29.2 Å². The number of sulfonamides is 1. The monoisotopic (exact) mass is 379 g/mol. The number of nitrogens with one attached hydrogen (secondary N) is 1. The molecule has 0 bridgehead atoms. The topological polar surface area (TPSA) is 76.0 Å². The molecule has 0 aromatic heterocycles. The quantitative estimate of drug-likeness (QED) is 0.762. The lowest BCUT2D eigenvalue weighted by Gasteiger charge is -2.34. The van der Waals surface area contributed by atoms with Crippen molar-refractivity contribution in [3.05, 3.63) is 29.3 Å². The molecule has 3 rings (SSSR count). The molecule has 0 amide bonds. The Morgan fingerprint density at radius 3 is 2.39 bits per heavy atom. The molecule has 6 nitrogen and oxygen atoms in total. The molecule has 0 spiro atoms. The van der Waals surface area contributed by atoms with Gasteiger partial charge in [-0.25, -0.2) is 16.8 Å². The summed E-state index contributed by atoms with van der Waals surface area (Å²) in [5, 5.41) is 0.226. The second-order valence-electron chi connectivity index (χ2n) is 6.09. The third-order valence-electron chi connectivity index (χ3n) is 4.63. The van der Waals surface area contributed by atoms with Gasteiger partial charge in [0, 0.05) is 6.42 Å². The van der Waals surface area contributed by atoms with E-state index in [0.29, 0.717) is 32.6 Å². The van der Waals surface area contributed by atoms with E-state index in [0.717, 1.165) is 0 Å². The van der Waals surface area contributed by atoms with E-state index in [9.17, 15) is 16.8 Å². The summed E-state index contributed by atoms with van der Waals surface area (Å²) >= 11 is 6.01. The van der Waals surface area contributed by atoms with E-state index < -0.39 is 19.9 Å². The number of halogens is 1. The molecule has 1 aromatic rings. The Kier molecular flexibility index (Phi) is 4.72. The fraction of sp³-hybridized carbons (Fsp3) is 0.571. The summed E-state index contributed by atoms with van der Waals surface area (Å²) < 4.78 is 50.0. The van der Waals surface area contributed by atoms with E-state index in [1.54, 1.807) is 18.2 Å². The first kappa shape index (κ1) is 17.2. The van der Waals surface area contributed by atoms with Crippen molar-refractivity contribution in [3.63, 3.8) is 0 Å². The molecule has 128 valence electrons. The Bertz CT molecular complexity index is 787. The second kappa shape index (κ2) is 6.33. The molecular weight excluding hydrogens is 360 g/mol. The minimum atomic E-state index is -3.59. The van der Waals surface area contributed by atoms with Crippen molar-refractivity contribution in [1.29, 1.82) is 0 Å². The van der Waals surface area contributed by atoms with Gasteiger partial charge in [0.05, 0.1) is 37.0 Å². The molecule has 0 aliphatic carbocycles. The maximum atomic E-state index is 12.7. The average Bonchev–Trinajstić information content (AvgIpc) is 2.88. The molecule has 9 heteroatoms. The highest BCUT2D eigenvalue weighted by Crippen LogP contribution is 2.24. The van der Waals surface area contributed by atoms with Gasteiger partial charge < -0.3 is 4.90 Å². The lowest BCUT2D eigenvalue weighted by molar-refractivity contribution is -0.925. The van der Waals surface area contributed by atoms with Crippen molar-refractivity contribution >= 4 is 31.5 Å². The van der Waals surface area contributed by atoms with E-state index in [-0.39, 0.29) is 27.5 Å². The molecular formula is C14H20ClN2O4S2+. The van der Waals surface area contributed by atoms with Gasteiger partial charge in [-0.05, 0) is 12.1 Å². The third-order valence-corrected chi connectivity index (χ3v) is 8.80. The van der Waals surface area contributed by atoms with Crippen LogP contribution in [0, 0.1) is 0 Å². The summed E-state index contributed by atoms with van der Waals surface area (Å²) in [5.74, 6) is 0.475. The van der Waals surface area contributed by atoms with E-state index in [1.165, 1.54) is 15.3 Å². The highest BCUT2D eigenvalue weighted by Gasteiger charge is 2.39. The fourth-order valence-electron chi connectivity index (χ4n) is 3.33. The lowest BCUT2D eigenvalue weighted by Crippen LogP contribution is -3.18. The average molecular weight is 380 g/mol. The van der Waals surface area contributed by atoms with Crippen LogP contribution in [0.1, 0.15) is 6.42 Å². The molecule has 1 atom stereocenters. The molecule has 1 aromatic carbocycles. The van der Waals surface area contributed by atoms with Gasteiger partial charge in [0.2, 0.25) is 10.0 Å². The minimum absolute atomic E-state index is 0.102. The summed E-state index contributed by atoms with van der Waals surface area (Å²) in [6, 6.07) is 6.54. The Morgan fingerprint density at radius 1 is 1.17 bits per heavy atom. The highest BCUT2D eigenvalue weighted by atomic mass is 35.5. The number of rotatable bonds is 3. The van der Waals surface area contributed by atoms with Gasteiger partial charge in [0.25, 0.3) is 0 Å². The van der Waals surface area contributed by atoms with E-state index in [2.05, 4.69) is 0 Å². The zero-order valence-electron chi connectivity index (χ0n) is 12.6. The summed E-state index contributed by atoms with van der Waals surface area (Å²) in [6.07, 6.45) is 0.676. The molecule has 23 heavy (non-hydrogen) atoms. The van der Waals surface area contributed by atoms with Crippen LogP contribution in [0.2, 0.25) is 5.02 Å². The maximum Gasteiger partial charge on any atom is 0.244 e. The van der Waals surface area contributed by atoms with E-state index >= 15 is 0 Å². The SMILES string of the molecule is O=S1(=O)CC[C@H]([NH+]2CCN(S(=O)(=O)c3ccccc3Cl)CC2)C1. The van der Waals surface area contributed by atoms with Crippen LogP contribution in [0.5, 0.6) is 0 Å². The van der Waals surface area contributed by atoms with Crippen molar-refractivity contribution in [2.75, 3.05) is 37.7 Å². The molecule has 0 saturated carbocycles. The molecule has 0 unspecified atom stereocenters. The van der Waals surface area contributed by atoms with Crippen LogP contribution in [0.25, 0.3) is 0 Å². The summed E-state index contributed by atoms with van der Waals surface area (Å²) in [7, 11) is -6.50. The predicted molar refractivity (Wildman–Crippen MR) is 88.0 cm³/mol. The number of sulfone groups is 1. The Hall–Kier alpha value is -0.670. The zero-order chi connectivity index (χ0) is 16.7. The number of nitrogens with zero attached hydrogens (tertiary/aromatic N) is 1. The number of hydrogen-bond acceptors (Lipinski definition) is 4. The van der Waals surface area contributed by atoms with Crippen molar-refractivity contribution in [2.45, 2.75) is 17.4 Å². The molecule has 2 aliphatic rings. The van der Waals surface area contributed by atoms with Crippen molar-refractivity contribution in [3.8, 4) is 0 Å².